The number of carbonyl (C=O) groups excluding carboxylic acids is 1. The van der Waals surface area contributed by atoms with E-state index in [0.717, 1.165) is 4.47 Å². The number of rotatable bonds is 3. The van der Waals surface area contributed by atoms with Gasteiger partial charge in [-0.1, -0.05) is 33.2 Å². The number of amides is 1. The largest absolute Gasteiger partial charge is 0.382 e. The van der Waals surface area contributed by atoms with Gasteiger partial charge in [0.1, 0.15) is 5.82 Å². The Labute approximate surface area is 135 Å². The summed E-state index contributed by atoms with van der Waals surface area (Å²) < 4.78 is 14.1. The van der Waals surface area contributed by atoms with E-state index in [1.807, 2.05) is 12.1 Å². The first-order chi connectivity index (χ1) is 10.6. The van der Waals surface area contributed by atoms with Crippen molar-refractivity contribution in [2.45, 2.75) is 12.5 Å². The molecule has 0 spiro atoms. The molecule has 6 heteroatoms. The number of oxime groups is 1. The topological polar surface area (TPSA) is 50.7 Å². The van der Waals surface area contributed by atoms with E-state index in [-0.39, 0.29) is 11.7 Å². The predicted molar refractivity (Wildman–Crippen MR) is 85.2 cm³/mol. The highest BCUT2D eigenvalue weighted by Gasteiger charge is 2.29. The van der Waals surface area contributed by atoms with Gasteiger partial charge in [-0.15, -0.1) is 0 Å². The van der Waals surface area contributed by atoms with Crippen LogP contribution in [0.1, 0.15) is 12.0 Å². The second-order valence-corrected chi connectivity index (χ2v) is 5.76. The number of benzene rings is 2. The summed E-state index contributed by atoms with van der Waals surface area (Å²) in [4.78, 5) is 17.3. The molecule has 1 aliphatic heterocycles. The van der Waals surface area contributed by atoms with E-state index < -0.39 is 6.10 Å². The number of halogens is 2. The van der Waals surface area contributed by atoms with E-state index in [2.05, 4.69) is 26.4 Å². The van der Waals surface area contributed by atoms with Crippen molar-refractivity contribution in [1.29, 1.82) is 0 Å². The van der Waals surface area contributed by atoms with Gasteiger partial charge in [0.15, 0.2) is 0 Å². The second-order valence-electron chi connectivity index (χ2n) is 4.84. The molecule has 1 amide bonds. The zero-order chi connectivity index (χ0) is 15.5. The standard InChI is InChI=1S/C16H12BrFN2O2/c17-11-4-6-13(7-5-11)19-16(21)15-9-14(20-22-15)10-2-1-3-12(18)8-10/h1-8,15H,9H2,(H,19,21). The summed E-state index contributed by atoms with van der Waals surface area (Å²) in [7, 11) is 0. The molecule has 2 aromatic carbocycles. The van der Waals surface area contributed by atoms with Gasteiger partial charge < -0.3 is 10.2 Å². The Bertz CT molecular complexity index is 731. The van der Waals surface area contributed by atoms with Crippen LogP contribution in [0.3, 0.4) is 0 Å². The van der Waals surface area contributed by atoms with Crippen LogP contribution in [0.25, 0.3) is 0 Å². The summed E-state index contributed by atoms with van der Waals surface area (Å²) in [6.45, 7) is 0. The molecular weight excluding hydrogens is 351 g/mol. The van der Waals surface area contributed by atoms with Crippen molar-refractivity contribution in [3.05, 3.63) is 64.4 Å². The Hall–Kier alpha value is -2.21. The van der Waals surface area contributed by atoms with Gasteiger partial charge in [0.2, 0.25) is 6.10 Å². The maximum atomic E-state index is 13.2. The maximum Gasteiger partial charge on any atom is 0.268 e. The van der Waals surface area contributed by atoms with E-state index in [1.54, 1.807) is 24.3 Å². The third kappa shape index (κ3) is 3.33. The number of carbonyl (C=O) groups is 1. The molecule has 0 aromatic heterocycles. The van der Waals surface area contributed by atoms with Crippen LogP contribution in [-0.2, 0) is 9.63 Å². The minimum atomic E-state index is -0.707. The molecule has 1 unspecified atom stereocenters. The van der Waals surface area contributed by atoms with Gasteiger partial charge in [0.05, 0.1) is 5.71 Å². The number of hydrogen-bond acceptors (Lipinski definition) is 3. The first-order valence-electron chi connectivity index (χ1n) is 6.67. The molecule has 0 bridgehead atoms. The Kier molecular flexibility index (Phi) is 4.20. The van der Waals surface area contributed by atoms with Crippen LogP contribution < -0.4 is 5.32 Å². The molecule has 1 aliphatic rings. The summed E-state index contributed by atoms with van der Waals surface area (Å²) in [6.07, 6.45) is -0.395. The number of anilines is 1. The SMILES string of the molecule is O=C(Nc1ccc(Br)cc1)C1CC(c2cccc(F)c2)=NO1. The Morgan fingerprint density at radius 1 is 1.27 bits per heavy atom. The van der Waals surface area contributed by atoms with Crippen molar-refractivity contribution in [2.24, 2.45) is 5.16 Å². The van der Waals surface area contributed by atoms with E-state index in [1.165, 1.54) is 12.1 Å². The highest BCUT2D eigenvalue weighted by molar-refractivity contribution is 9.10. The average molecular weight is 363 g/mol. The van der Waals surface area contributed by atoms with Gasteiger partial charge in [-0.3, -0.25) is 4.79 Å². The minimum absolute atomic E-state index is 0.280. The average Bonchev–Trinajstić information content (AvgIpc) is 3.00. The van der Waals surface area contributed by atoms with Gasteiger partial charge in [-0.05, 0) is 36.4 Å². The van der Waals surface area contributed by atoms with E-state index >= 15 is 0 Å². The third-order valence-electron chi connectivity index (χ3n) is 3.23. The van der Waals surface area contributed by atoms with Crippen molar-refractivity contribution in [1.82, 2.24) is 0 Å². The molecular formula is C16H12BrFN2O2. The van der Waals surface area contributed by atoms with Crippen LogP contribution in [0, 0.1) is 5.82 Å². The Balaban J connectivity index is 1.64. The maximum absolute atomic E-state index is 13.2. The Morgan fingerprint density at radius 2 is 2.05 bits per heavy atom. The molecule has 0 radical (unpaired) electrons. The third-order valence-corrected chi connectivity index (χ3v) is 3.76. The summed E-state index contributed by atoms with van der Waals surface area (Å²) >= 11 is 3.33. The monoisotopic (exact) mass is 362 g/mol. The fourth-order valence-corrected chi connectivity index (χ4v) is 2.38. The molecule has 1 N–H and O–H groups in total. The van der Waals surface area contributed by atoms with Gasteiger partial charge in [-0.25, -0.2) is 4.39 Å². The van der Waals surface area contributed by atoms with Crippen molar-refractivity contribution in [3.63, 3.8) is 0 Å². The molecule has 2 aromatic rings. The van der Waals surface area contributed by atoms with Crippen LogP contribution >= 0.6 is 15.9 Å². The van der Waals surface area contributed by atoms with Gasteiger partial charge in [0, 0.05) is 22.1 Å². The molecule has 112 valence electrons. The van der Waals surface area contributed by atoms with Crippen molar-refractivity contribution < 1.29 is 14.0 Å². The Morgan fingerprint density at radius 3 is 2.77 bits per heavy atom. The zero-order valence-electron chi connectivity index (χ0n) is 11.4. The molecule has 4 nitrogen and oxygen atoms in total. The summed E-state index contributed by atoms with van der Waals surface area (Å²) in [5, 5.41) is 6.65. The molecule has 0 saturated heterocycles. The van der Waals surface area contributed by atoms with E-state index in [9.17, 15) is 9.18 Å². The number of nitrogens with one attached hydrogen (secondary N) is 1. The molecule has 0 fully saturated rings. The van der Waals surface area contributed by atoms with Crippen LogP contribution in [-0.4, -0.2) is 17.7 Å². The smallest absolute Gasteiger partial charge is 0.268 e. The van der Waals surface area contributed by atoms with Crippen molar-refractivity contribution >= 4 is 33.2 Å². The normalized spacial score (nSPS) is 16.8. The molecule has 0 saturated carbocycles. The van der Waals surface area contributed by atoms with Gasteiger partial charge >= 0.3 is 0 Å². The first kappa shape index (κ1) is 14.7. The van der Waals surface area contributed by atoms with Crippen LogP contribution in [0.4, 0.5) is 10.1 Å². The quantitative estimate of drug-likeness (QED) is 0.904. The molecule has 0 aliphatic carbocycles. The molecule has 1 atom stereocenters. The van der Waals surface area contributed by atoms with Crippen molar-refractivity contribution in [3.8, 4) is 0 Å². The summed E-state index contributed by atoms with van der Waals surface area (Å²) in [6, 6.07) is 13.3. The fourth-order valence-electron chi connectivity index (χ4n) is 2.11. The molecule has 3 rings (SSSR count). The van der Waals surface area contributed by atoms with Crippen LogP contribution in [0.15, 0.2) is 58.2 Å². The fraction of sp³-hybridized carbons (Fsp3) is 0.125. The minimum Gasteiger partial charge on any atom is -0.382 e. The second kappa shape index (κ2) is 6.27. The lowest BCUT2D eigenvalue weighted by Gasteiger charge is -2.09. The lowest BCUT2D eigenvalue weighted by Crippen LogP contribution is -2.28. The van der Waals surface area contributed by atoms with Gasteiger partial charge in [-0.2, -0.15) is 0 Å². The first-order valence-corrected chi connectivity index (χ1v) is 7.46. The number of hydrogen-bond donors (Lipinski definition) is 1. The van der Waals surface area contributed by atoms with Crippen LogP contribution in [0.5, 0.6) is 0 Å². The van der Waals surface area contributed by atoms with E-state index in [4.69, 9.17) is 4.84 Å². The van der Waals surface area contributed by atoms with Crippen molar-refractivity contribution in [2.75, 3.05) is 5.32 Å². The molecule has 1 heterocycles. The summed E-state index contributed by atoms with van der Waals surface area (Å²) in [5.74, 6) is -0.625. The summed E-state index contributed by atoms with van der Waals surface area (Å²) in [5.41, 5.74) is 1.87. The van der Waals surface area contributed by atoms with Gasteiger partial charge in [0.25, 0.3) is 5.91 Å². The van der Waals surface area contributed by atoms with E-state index in [0.29, 0.717) is 23.4 Å². The van der Waals surface area contributed by atoms with Crippen LogP contribution in [0.2, 0.25) is 0 Å². The lowest BCUT2D eigenvalue weighted by atomic mass is 10.0. The highest BCUT2D eigenvalue weighted by atomic mass is 79.9. The predicted octanol–water partition coefficient (Wildman–Crippen LogP) is 3.72. The molecule has 22 heavy (non-hydrogen) atoms. The lowest BCUT2D eigenvalue weighted by molar-refractivity contribution is -0.125. The highest BCUT2D eigenvalue weighted by Crippen LogP contribution is 2.20. The zero-order valence-corrected chi connectivity index (χ0v) is 13.0. The number of nitrogens with zero attached hydrogens (tertiary/aromatic N) is 1.